The van der Waals surface area contributed by atoms with E-state index in [9.17, 15) is 5.26 Å². The smallest absolute Gasteiger partial charge is 0.104 e. The Balaban J connectivity index is 2.33. The first-order chi connectivity index (χ1) is 10.4. The third-order valence-corrected chi connectivity index (χ3v) is 9.90. The third kappa shape index (κ3) is 3.14. The summed E-state index contributed by atoms with van der Waals surface area (Å²) < 4.78 is 0. The number of anilines is 1. The molecule has 2 N–H and O–H groups in total. The molecule has 0 unspecified atom stereocenters. The predicted molar refractivity (Wildman–Crippen MR) is 101 cm³/mol. The second-order valence-electron chi connectivity index (χ2n) is 6.23. The van der Waals surface area contributed by atoms with Gasteiger partial charge in [-0.3, -0.25) is 0 Å². The summed E-state index contributed by atoms with van der Waals surface area (Å²) in [5, 5.41) is 13.7. The third-order valence-electron chi connectivity index (χ3n) is 4.93. The van der Waals surface area contributed by atoms with Crippen molar-refractivity contribution < 1.29 is 0 Å². The minimum atomic E-state index is -0.784. The van der Waals surface area contributed by atoms with E-state index in [1.165, 1.54) is 22.1 Å². The molecule has 22 heavy (non-hydrogen) atoms. The predicted octanol–water partition coefficient (Wildman–Crippen LogP) is 4.52. The lowest BCUT2D eigenvalue weighted by atomic mass is 9.75. The zero-order chi connectivity index (χ0) is 16.4. The molecule has 1 aliphatic carbocycles. The molecular weight excluding hydrogens is 308 g/mol. The van der Waals surface area contributed by atoms with Gasteiger partial charge in [0.1, 0.15) is 11.1 Å². The molecule has 1 aliphatic rings. The van der Waals surface area contributed by atoms with Crippen LogP contribution in [0.25, 0.3) is 0 Å². The van der Waals surface area contributed by atoms with E-state index < -0.39 is 10.0 Å². The van der Waals surface area contributed by atoms with Crippen molar-refractivity contribution in [3.63, 3.8) is 0 Å². The number of aryl methyl sites for hydroxylation is 1. The van der Waals surface area contributed by atoms with Crippen LogP contribution in [-0.2, 0) is 12.8 Å². The number of hydrogen-bond donors (Lipinski definition) is 1. The number of hydrogen-bond acceptors (Lipinski definition) is 3. The standard InChI is InChI=1S/C18H26N2S2/c1-5-22(6-2,7-3)11-10-18(4)9-8-16-14(12-18)15(13-19)17(20)21-16/h5-9,12,20H2,1-4H3/t18-/m1/s1. The maximum absolute atomic E-state index is 9.35. The van der Waals surface area contributed by atoms with E-state index in [2.05, 4.69) is 44.9 Å². The van der Waals surface area contributed by atoms with Crippen LogP contribution in [0.3, 0.4) is 0 Å². The van der Waals surface area contributed by atoms with Crippen molar-refractivity contribution >= 4 is 26.4 Å². The molecule has 0 radical (unpaired) electrons. The van der Waals surface area contributed by atoms with Crippen molar-refractivity contribution in [3.05, 3.63) is 16.0 Å². The van der Waals surface area contributed by atoms with E-state index in [-0.39, 0.29) is 5.41 Å². The molecule has 120 valence electrons. The number of nitrogen functional groups attached to an aromatic ring is 1. The molecule has 0 bridgehead atoms. The quantitative estimate of drug-likeness (QED) is 0.826. The number of nitriles is 1. The molecule has 0 amide bonds. The highest BCUT2D eigenvalue weighted by molar-refractivity contribution is 8.37. The van der Waals surface area contributed by atoms with E-state index in [4.69, 9.17) is 5.73 Å². The van der Waals surface area contributed by atoms with Crippen molar-refractivity contribution in [2.45, 2.75) is 47.0 Å². The van der Waals surface area contributed by atoms with Crippen LogP contribution >= 0.6 is 21.4 Å². The van der Waals surface area contributed by atoms with Crippen LogP contribution in [0.1, 0.15) is 50.1 Å². The van der Waals surface area contributed by atoms with Gasteiger partial charge in [0.15, 0.2) is 0 Å². The van der Waals surface area contributed by atoms with Gasteiger partial charge in [0.25, 0.3) is 0 Å². The Morgan fingerprint density at radius 2 is 1.91 bits per heavy atom. The van der Waals surface area contributed by atoms with Crippen LogP contribution in [0, 0.1) is 27.9 Å². The Morgan fingerprint density at radius 1 is 1.27 bits per heavy atom. The largest absolute Gasteiger partial charge is 0.389 e. The molecule has 1 aromatic rings. The Morgan fingerprint density at radius 3 is 2.45 bits per heavy atom. The lowest BCUT2D eigenvalue weighted by Crippen LogP contribution is -2.24. The summed E-state index contributed by atoms with van der Waals surface area (Å²) in [6.45, 7) is 9.06. The Kier molecular flexibility index (Phi) is 5.15. The van der Waals surface area contributed by atoms with Crippen molar-refractivity contribution in [1.82, 2.24) is 0 Å². The number of fused-ring (bicyclic) bond motifs is 1. The first kappa shape index (κ1) is 17.3. The fourth-order valence-corrected chi connectivity index (χ4v) is 6.24. The summed E-state index contributed by atoms with van der Waals surface area (Å²) in [5.74, 6) is 7.19. The van der Waals surface area contributed by atoms with E-state index in [1.54, 1.807) is 11.3 Å². The molecular formula is C18H26N2S2. The van der Waals surface area contributed by atoms with Crippen molar-refractivity contribution in [2.75, 3.05) is 23.0 Å². The Bertz CT molecular complexity index is 645. The van der Waals surface area contributed by atoms with Crippen molar-refractivity contribution in [1.29, 1.82) is 5.26 Å². The summed E-state index contributed by atoms with van der Waals surface area (Å²) in [6.07, 6.45) is 2.95. The summed E-state index contributed by atoms with van der Waals surface area (Å²) in [5.41, 5.74) is 7.85. The molecule has 2 rings (SSSR count). The highest BCUT2D eigenvalue weighted by atomic mass is 32.3. The van der Waals surface area contributed by atoms with Gasteiger partial charge in [0, 0.05) is 10.3 Å². The second-order valence-corrected chi connectivity index (χ2v) is 11.4. The molecule has 1 aromatic heterocycles. The topological polar surface area (TPSA) is 49.8 Å². The SMILES string of the molecule is CCS(C#C[C@@]1(C)CCc2sc(N)c(C#N)c2C1)(CC)CC. The monoisotopic (exact) mass is 334 g/mol. The molecule has 2 nitrogen and oxygen atoms in total. The summed E-state index contributed by atoms with van der Waals surface area (Å²) in [7, 11) is -0.784. The summed E-state index contributed by atoms with van der Waals surface area (Å²) in [6, 6.07) is 2.29. The van der Waals surface area contributed by atoms with Gasteiger partial charge in [-0.2, -0.15) is 15.3 Å². The zero-order valence-electron chi connectivity index (χ0n) is 14.1. The van der Waals surface area contributed by atoms with Crippen molar-refractivity contribution in [2.24, 2.45) is 5.41 Å². The van der Waals surface area contributed by atoms with Gasteiger partial charge in [-0.1, -0.05) is 31.9 Å². The zero-order valence-corrected chi connectivity index (χ0v) is 15.7. The fourth-order valence-electron chi connectivity index (χ4n) is 3.08. The van der Waals surface area contributed by atoms with Gasteiger partial charge in [-0.05, 0) is 49.0 Å². The minimum absolute atomic E-state index is 0.0100. The van der Waals surface area contributed by atoms with E-state index in [0.717, 1.165) is 24.8 Å². The molecule has 0 fully saturated rings. The molecule has 0 saturated heterocycles. The van der Waals surface area contributed by atoms with Gasteiger partial charge in [-0.15, -0.1) is 11.3 Å². The molecule has 4 heteroatoms. The molecule has 0 saturated carbocycles. The van der Waals surface area contributed by atoms with Gasteiger partial charge in [0.2, 0.25) is 0 Å². The number of thiophene rings is 1. The first-order valence-electron chi connectivity index (χ1n) is 8.03. The van der Waals surface area contributed by atoms with E-state index in [1.807, 2.05) is 0 Å². The number of rotatable bonds is 3. The highest BCUT2D eigenvalue weighted by Crippen LogP contribution is 2.47. The van der Waals surface area contributed by atoms with Crippen LogP contribution in [0.4, 0.5) is 5.00 Å². The van der Waals surface area contributed by atoms with Crippen LogP contribution in [0.5, 0.6) is 0 Å². The molecule has 1 heterocycles. The average Bonchev–Trinajstić information content (AvgIpc) is 2.83. The maximum Gasteiger partial charge on any atom is 0.104 e. The van der Waals surface area contributed by atoms with Crippen LogP contribution in [0.15, 0.2) is 0 Å². The highest BCUT2D eigenvalue weighted by Gasteiger charge is 2.32. The van der Waals surface area contributed by atoms with Gasteiger partial charge in [0.05, 0.1) is 5.56 Å². The Hall–Kier alpha value is -1.10. The first-order valence-corrected chi connectivity index (χ1v) is 11.0. The van der Waals surface area contributed by atoms with E-state index >= 15 is 0 Å². The van der Waals surface area contributed by atoms with E-state index in [0.29, 0.717) is 10.6 Å². The van der Waals surface area contributed by atoms with Crippen LogP contribution in [-0.4, -0.2) is 17.3 Å². The number of nitrogens with two attached hydrogens (primary N) is 1. The maximum atomic E-state index is 9.35. The average molecular weight is 335 g/mol. The summed E-state index contributed by atoms with van der Waals surface area (Å²) in [4.78, 5) is 1.30. The molecule has 0 spiro atoms. The molecule has 0 aliphatic heterocycles. The van der Waals surface area contributed by atoms with Gasteiger partial charge in [-0.25, -0.2) is 0 Å². The number of nitrogens with zero attached hydrogens (tertiary/aromatic N) is 1. The second kappa shape index (κ2) is 6.57. The van der Waals surface area contributed by atoms with Crippen molar-refractivity contribution in [3.8, 4) is 17.2 Å². The van der Waals surface area contributed by atoms with Gasteiger partial charge >= 0.3 is 0 Å². The lowest BCUT2D eigenvalue weighted by molar-refractivity contribution is 0.390. The van der Waals surface area contributed by atoms with Crippen LogP contribution in [0.2, 0.25) is 0 Å². The van der Waals surface area contributed by atoms with Crippen LogP contribution < -0.4 is 5.73 Å². The van der Waals surface area contributed by atoms with Gasteiger partial charge < -0.3 is 5.73 Å². The molecule has 1 atom stereocenters. The fraction of sp³-hybridized carbons (Fsp3) is 0.611. The minimum Gasteiger partial charge on any atom is -0.389 e. The molecule has 0 aromatic carbocycles. The normalized spacial score (nSPS) is 21.4. The Labute approximate surface area is 140 Å². The summed E-state index contributed by atoms with van der Waals surface area (Å²) >= 11 is 1.59. The lowest BCUT2D eigenvalue weighted by Gasteiger charge is -2.33.